The number of carbonyl (C=O) groups is 1. The van der Waals surface area contributed by atoms with Gasteiger partial charge in [-0.1, -0.05) is 0 Å². The van der Waals surface area contributed by atoms with Crippen LogP contribution in [0.25, 0.3) is 0 Å². The molecule has 0 aromatic carbocycles. The Bertz CT molecular complexity index is 593. The lowest BCUT2D eigenvalue weighted by atomic mass is 10.2. The Morgan fingerprint density at radius 1 is 1.17 bits per heavy atom. The Labute approximate surface area is 136 Å². The van der Waals surface area contributed by atoms with Gasteiger partial charge in [0.25, 0.3) is 5.91 Å². The van der Waals surface area contributed by atoms with E-state index >= 15 is 0 Å². The van der Waals surface area contributed by atoms with Gasteiger partial charge in [0, 0.05) is 19.6 Å². The topological polar surface area (TPSA) is 67.8 Å². The first kappa shape index (κ1) is 16.9. The van der Waals surface area contributed by atoms with Crippen molar-refractivity contribution in [3.05, 3.63) is 18.1 Å². The first-order chi connectivity index (χ1) is 11.4. The van der Waals surface area contributed by atoms with Crippen LogP contribution in [0.5, 0.6) is 0 Å². The molecule has 24 heavy (non-hydrogen) atoms. The van der Waals surface area contributed by atoms with Crippen LogP contribution in [-0.2, 0) is 9.47 Å². The highest BCUT2D eigenvalue weighted by Gasteiger charge is 2.43. The zero-order valence-corrected chi connectivity index (χ0v) is 12.8. The van der Waals surface area contributed by atoms with Crippen LogP contribution in [0.15, 0.2) is 12.4 Å². The van der Waals surface area contributed by atoms with E-state index in [1.165, 1.54) is 17.3 Å². The molecule has 0 N–H and O–H groups in total. The summed E-state index contributed by atoms with van der Waals surface area (Å²) in [5, 5.41) is 0. The van der Waals surface area contributed by atoms with Crippen molar-refractivity contribution in [2.45, 2.75) is 12.3 Å². The number of ether oxygens (including phenoxy) is 2. The number of anilines is 1. The largest absolute Gasteiger partial charge is 0.416 e. The van der Waals surface area contributed by atoms with Gasteiger partial charge < -0.3 is 19.3 Å². The van der Waals surface area contributed by atoms with Gasteiger partial charge in [-0.2, -0.15) is 13.2 Å². The van der Waals surface area contributed by atoms with Crippen molar-refractivity contribution in [3.8, 4) is 0 Å². The number of aromatic nitrogens is 2. The molecular formula is C14H17F3N4O3. The molecule has 3 heterocycles. The van der Waals surface area contributed by atoms with E-state index in [2.05, 4.69) is 9.97 Å². The predicted molar refractivity (Wildman–Crippen MR) is 76.8 cm³/mol. The monoisotopic (exact) mass is 346 g/mol. The molecule has 132 valence electrons. The molecule has 2 aliphatic rings. The lowest BCUT2D eigenvalue weighted by molar-refractivity contribution is -0.221. The van der Waals surface area contributed by atoms with E-state index in [9.17, 15) is 18.0 Å². The summed E-state index contributed by atoms with van der Waals surface area (Å²) in [7, 11) is 0. The van der Waals surface area contributed by atoms with Crippen LogP contribution in [0.2, 0.25) is 0 Å². The molecule has 0 unspecified atom stereocenters. The van der Waals surface area contributed by atoms with Gasteiger partial charge in [-0.3, -0.25) is 9.78 Å². The normalized spacial score (nSPS) is 22.5. The molecule has 7 nitrogen and oxygen atoms in total. The molecular weight excluding hydrogens is 329 g/mol. The van der Waals surface area contributed by atoms with Gasteiger partial charge in [-0.05, 0) is 0 Å². The van der Waals surface area contributed by atoms with Crippen LogP contribution in [0, 0.1) is 0 Å². The lowest BCUT2D eigenvalue weighted by Crippen LogP contribution is -2.49. The van der Waals surface area contributed by atoms with Crippen LogP contribution in [0.4, 0.5) is 19.0 Å². The van der Waals surface area contributed by atoms with E-state index in [1.807, 2.05) is 0 Å². The summed E-state index contributed by atoms with van der Waals surface area (Å²) in [5.41, 5.74) is 0.115. The Morgan fingerprint density at radius 3 is 2.62 bits per heavy atom. The average molecular weight is 346 g/mol. The van der Waals surface area contributed by atoms with E-state index in [4.69, 9.17) is 9.47 Å². The molecule has 2 saturated heterocycles. The number of carbonyl (C=O) groups excluding carboxylic acids is 1. The van der Waals surface area contributed by atoms with Crippen molar-refractivity contribution in [1.29, 1.82) is 0 Å². The summed E-state index contributed by atoms with van der Waals surface area (Å²) < 4.78 is 48.4. The van der Waals surface area contributed by atoms with Crippen LogP contribution in [-0.4, -0.2) is 79.1 Å². The number of hydrogen-bond acceptors (Lipinski definition) is 6. The Kier molecular flexibility index (Phi) is 4.86. The van der Waals surface area contributed by atoms with E-state index in [-0.39, 0.29) is 37.1 Å². The summed E-state index contributed by atoms with van der Waals surface area (Å²) in [6, 6.07) is 0. The third kappa shape index (κ3) is 3.75. The minimum Gasteiger partial charge on any atom is -0.378 e. The number of halogens is 3. The number of rotatable bonds is 2. The third-order valence-electron chi connectivity index (χ3n) is 3.89. The Morgan fingerprint density at radius 2 is 1.92 bits per heavy atom. The summed E-state index contributed by atoms with van der Waals surface area (Å²) in [4.78, 5) is 23.6. The highest BCUT2D eigenvalue weighted by molar-refractivity contribution is 5.92. The maximum Gasteiger partial charge on any atom is 0.416 e. The zero-order valence-electron chi connectivity index (χ0n) is 12.8. The number of alkyl halides is 3. The maximum atomic E-state index is 12.8. The van der Waals surface area contributed by atoms with Gasteiger partial charge in [0.05, 0.1) is 38.8 Å². The molecule has 0 spiro atoms. The average Bonchev–Trinajstić information content (AvgIpc) is 2.61. The van der Waals surface area contributed by atoms with Crippen molar-refractivity contribution in [1.82, 2.24) is 14.9 Å². The van der Waals surface area contributed by atoms with E-state index in [0.29, 0.717) is 26.3 Å². The minimum atomic E-state index is -4.44. The first-order valence-corrected chi connectivity index (χ1v) is 7.57. The molecule has 2 aliphatic heterocycles. The van der Waals surface area contributed by atoms with Gasteiger partial charge in [-0.25, -0.2) is 4.98 Å². The molecule has 1 aromatic rings. The molecule has 0 bridgehead atoms. The third-order valence-corrected chi connectivity index (χ3v) is 3.89. The van der Waals surface area contributed by atoms with Gasteiger partial charge in [0.15, 0.2) is 6.10 Å². The van der Waals surface area contributed by atoms with E-state index in [1.54, 1.807) is 4.90 Å². The molecule has 1 aromatic heterocycles. The summed E-state index contributed by atoms with van der Waals surface area (Å²) in [5.74, 6) is -0.0556. The quantitative estimate of drug-likeness (QED) is 0.786. The zero-order chi connectivity index (χ0) is 17.2. The molecule has 10 heteroatoms. The van der Waals surface area contributed by atoms with Crippen molar-refractivity contribution < 1.29 is 27.4 Å². The van der Waals surface area contributed by atoms with Crippen LogP contribution >= 0.6 is 0 Å². The smallest absolute Gasteiger partial charge is 0.378 e. The second-order valence-corrected chi connectivity index (χ2v) is 5.51. The SMILES string of the molecule is O=C(c1cncc(N2CCO[C@H](C(F)(F)F)C2)n1)N1CCOCC1. The number of hydrogen-bond donors (Lipinski definition) is 0. The van der Waals surface area contributed by atoms with Gasteiger partial charge in [0.1, 0.15) is 11.5 Å². The number of morpholine rings is 2. The molecule has 0 radical (unpaired) electrons. The highest BCUT2D eigenvalue weighted by atomic mass is 19.4. The Hall–Kier alpha value is -1.94. The highest BCUT2D eigenvalue weighted by Crippen LogP contribution is 2.27. The minimum absolute atomic E-state index is 0.0620. The fraction of sp³-hybridized carbons (Fsp3) is 0.643. The van der Waals surface area contributed by atoms with Crippen molar-refractivity contribution in [2.75, 3.05) is 50.9 Å². The van der Waals surface area contributed by atoms with Crippen molar-refractivity contribution in [3.63, 3.8) is 0 Å². The second kappa shape index (κ2) is 6.89. The molecule has 2 fully saturated rings. The fourth-order valence-electron chi connectivity index (χ4n) is 2.59. The van der Waals surface area contributed by atoms with Gasteiger partial charge in [-0.15, -0.1) is 0 Å². The van der Waals surface area contributed by atoms with Crippen molar-refractivity contribution >= 4 is 11.7 Å². The van der Waals surface area contributed by atoms with Gasteiger partial charge >= 0.3 is 6.18 Å². The second-order valence-electron chi connectivity index (χ2n) is 5.51. The summed E-state index contributed by atoms with van der Waals surface area (Å²) >= 11 is 0. The first-order valence-electron chi connectivity index (χ1n) is 7.57. The number of amides is 1. The molecule has 0 saturated carbocycles. The molecule has 3 rings (SSSR count). The predicted octanol–water partition coefficient (Wildman–Crippen LogP) is 0.716. The summed E-state index contributed by atoms with van der Waals surface area (Å²) in [6.45, 7) is 1.65. The standard InChI is InChI=1S/C14H17F3N4O3/c15-14(16,17)11-9-21(3-6-24-11)12-8-18-7-10(19-12)13(22)20-1-4-23-5-2-20/h7-8,11H,1-6,9H2/t11-/m0/s1. The lowest BCUT2D eigenvalue weighted by Gasteiger charge is -2.34. The molecule has 1 amide bonds. The molecule has 0 aliphatic carbocycles. The van der Waals surface area contributed by atoms with Crippen molar-refractivity contribution in [2.24, 2.45) is 0 Å². The van der Waals surface area contributed by atoms with Crippen LogP contribution < -0.4 is 4.90 Å². The maximum absolute atomic E-state index is 12.8. The van der Waals surface area contributed by atoms with E-state index in [0.717, 1.165) is 0 Å². The number of nitrogens with zero attached hydrogens (tertiary/aromatic N) is 4. The summed E-state index contributed by atoms with van der Waals surface area (Å²) in [6.07, 6.45) is -3.63. The Balaban J connectivity index is 1.74. The van der Waals surface area contributed by atoms with Crippen LogP contribution in [0.3, 0.4) is 0 Å². The van der Waals surface area contributed by atoms with E-state index < -0.39 is 12.3 Å². The fourth-order valence-corrected chi connectivity index (χ4v) is 2.59. The molecule has 1 atom stereocenters. The van der Waals surface area contributed by atoms with Gasteiger partial charge in [0.2, 0.25) is 0 Å². The van der Waals surface area contributed by atoms with Crippen LogP contribution in [0.1, 0.15) is 10.5 Å².